The van der Waals surface area contributed by atoms with E-state index in [-0.39, 0.29) is 53.5 Å². The maximum atomic E-state index is 12.1. The van der Waals surface area contributed by atoms with E-state index in [0.717, 1.165) is 132 Å². The molecular weight excluding hydrogens is 1070 g/mol. The maximum absolute atomic E-state index is 12.1. The third kappa shape index (κ3) is 24.3. The van der Waals surface area contributed by atoms with Gasteiger partial charge < -0.3 is 15.3 Å². The van der Waals surface area contributed by atoms with E-state index in [1.807, 2.05) is 73.7 Å². The number of aliphatic imine (C=N–C) groups is 6. The SMILES string of the molecule is CCCCCCCCCCC#Cc1cc2c(O)c(c1)/C=N/C1CCCCC1/N=C/c1cc(C#CCCCCCCCCCC)cc(c1O)/C=N/C1CCCCC1/N=C/c1cc(C#CCCCCCCCCCC)cc(c1O)/C=N/C1CCCCC1/N=C/2. The zero-order chi connectivity index (χ0) is 60.9. The van der Waals surface area contributed by atoms with Gasteiger partial charge in [-0.1, -0.05) is 230 Å². The fourth-order valence-electron chi connectivity index (χ4n) is 12.8. The van der Waals surface area contributed by atoms with Crippen LogP contribution in [0.15, 0.2) is 66.4 Å². The number of rotatable bonds is 24. The average Bonchev–Trinajstić information content (AvgIpc) is 3.59. The van der Waals surface area contributed by atoms with Gasteiger partial charge in [-0.15, -0.1) is 0 Å². The van der Waals surface area contributed by atoms with Crippen molar-refractivity contribution in [1.82, 2.24) is 0 Å². The molecule has 0 spiro atoms. The van der Waals surface area contributed by atoms with Crippen molar-refractivity contribution < 1.29 is 15.3 Å². The minimum absolute atomic E-state index is 0.115. The number of unbranched alkanes of at least 4 members (excludes halogenated alkanes) is 24. The molecule has 3 fully saturated rings. The predicted molar refractivity (Wildman–Crippen MR) is 370 cm³/mol. The lowest BCUT2D eigenvalue weighted by atomic mass is 9.91. The van der Waals surface area contributed by atoms with E-state index in [0.29, 0.717) is 33.4 Å². The Labute approximate surface area is 526 Å². The molecule has 6 unspecified atom stereocenters. The molecule has 3 saturated carbocycles. The van der Waals surface area contributed by atoms with Gasteiger partial charge >= 0.3 is 0 Å². The second kappa shape index (κ2) is 40.3. The molecule has 3 aromatic carbocycles. The fourth-order valence-corrected chi connectivity index (χ4v) is 12.8. The quantitative estimate of drug-likeness (QED) is 0.0609. The normalized spacial score (nSPS) is 22.4. The monoisotopic (exact) mass is 1180 g/mol. The van der Waals surface area contributed by atoms with Crippen molar-refractivity contribution in [3.8, 4) is 52.8 Å². The van der Waals surface area contributed by atoms with E-state index in [1.54, 1.807) is 0 Å². The first-order valence-electron chi connectivity index (χ1n) is 35.1. The molecule has 6 atom stereocenters. The van der Waals surface area contributed by atoms with Gasteiger partial charge in [0.05, 0.1) is 36.3 Å². The Balaban J connectivity index is 1.24. The summed E-state index contributed by atoms with van der Waals surface area (Å²) in [4.78, 5) is 31.2. The molecule has 7 rings (SSSR count). The average molecular weight is 1180 g/mol. The highest BCUT2D eigenvalue weighted by atomic mass is 16.3. The van der Waals surface area contributed by atoms with Crippen LogP contribution in [0.3, 0.4) is 0 Å². The van der Waals surface area contributed by atoms with Crippen LogP contribution in [0, 0.1) is 35.5 Å². The molecule has 9 nitrogen and oxygen atoms in total. The number of nitrogens with zero attached hydrogens (tertiary/aromatic N) is 6. The van der Waals surface area contributed by atoms with Crippen molar-refractivity contribution in [1.29, 1.82) is 0 Å². The number of benzene rings is 3. The highest BCUT2D eigenvalue weighted by Gasteiger charge is 2.27. The van der Waals surface area contributed by atoms with Gasteiger partial charge in [-0.2, -0.15) is 0 Å². The van der Waals surface area contributed by atoms with Crippen LogP contribution >= 0.6 is 0 Å². The summed E-state index contributed by atoms with van der Waals surface area (Å²) in [6.45, 7) is 6.79. The Morgan fingerprint density at radius 1 is 0.287 bits per heavy atom. The largest absolute Gasteiger partial charge is 0.507 e. The number of fused-ring (bicyclic) bond motifs is 9. The smallest absolute Gasteiger partial charge is 0.133 e. The second-order valence-electron chi connectivity index (χ2n) is 25.5. The minimum atomic E-state index is -0.115. The van der Waals surface area contributed by atoms with Gasteiger partial charge in [-0.05, 0) is 94.2 Å². The van der Waals surface area contributed by atoms with Crippen LogP contribution < -0.4 is 0 Å². The van der Waals surface area contributed by atoms with Crippen LogP contribution in [0.1, 0.15) is 321 Å². The summed E-state index contributed by atoms with van der Waals surface area (Å²) in [5, 5.41) is 36.3. The first-order valence-corrected chi connectivity index (χ1v) is 35.1. The minimum Gasteiger partial charge on any atom is -0.507 e. The highest BCUT2D eigenvalue weighted by Crippen LogP contribution is 2.32. The number of hydrogen-bond donors (Lipinski definition) is 3. The summed E-state index contributed by atoms with van der Waals surface area (Å²) in [5.74, 6) is 21.1. The lowest BCUT2D eigenvalue weighted by Gasteiger charge is -2.26. The zero-order valence-corrected chi connectivity index (χ0v) is 54.0. The third-order valence-corrected chi connectivity index (χ3v) is 18.2. The van der Waals surface area contributed by atoms with Gasteiger partial charge in [0.15, 0.2) is 0 Å². The Hall–Kier alpha value is -6.24. The fraction of sp³-hybridized carbons (Fsp3) is 0.615. The van der Waals surface area contributed by atoms with Crippen LogP contribution in [0.4, 0.5) is 0 Å². The number of phenols is 3. The van der Waals surface area contributed by atoms with Crippen molar-refractivity contribution in [2.45, 2.75) is 307 Å². The highest BCUT2D eigenvalue weighted by molar-refractivity contribution is 5.95. The molecule has 3 aromatic rings. The number of hydrogen-bond acceptors (Lipinski definition) is 9. The Bertz CT molecular complexity index is 2490. The third-order valence-electron chi connectivity index (χ3n) is 18.2. The molecule has 6 bridgehead atoms. The van der Waals surface area contributed by atoms with Crippen LogP contribution in [-0.4, -0.2) is 88.9 Å². The summed E-state index contributed by atoms with van der Waals surface area (Å²) in [7, 11) is 0. The molecule has 1 aliphatic heterocycles. The van der Waals surface area contributed by atoms with Gasteiger partial charge in [0, 0.05) is 107 Å². The first kappa shape index (κ1) is 68.3. The Morgan fingerprint density at radius 3 is 0.667 bits per heavy atom. The van der Waals surface area contributed by atoms with Crippen LogP contribution in [0.25, 0.3) is 0 Å². The summed E-state index contributed by atoms with van der Waals surface area (Å²) in [5.41, 5.74) is 6.10. The van der Waals surface area contributed by atoms with Crippen molar-refractivity contribution in [3.05, 3.63) is 86.5 Å². The summed E-state index contributed by atoms with van der Waals surface area (Å²) >= 11 is 0. The molecule has 0 radical (unpaired) electrons. The Kier molecular flexibility index (Phi) is 31.6. The van der Waals surface area contributed by atoms with E-state index in [4.69, 9.17) is 30.0 Å². The molecule has 87 heavy (non-hydrogen) atoms. The van der Waals surface area contributed by atoms with E-state index in [2.05, 4.69) is 56.3 Å². The second-order valence-corrected chi connectivity index (χ2v) is 25.5. The molecule has 9 heteroatoms. The van der Waals surface area contributed by atoms with Gasteiger partial charge in [0.1, 0.15) is 17.2 Å². The summed E-state index contributed by atoms with van der Waals surface area (Å²) < 4.78 is 0. The van der Waals surface area contributed by atoms with E-state index in [1.165, 1.54) is 135 Å². The lowest BCUT2D eigenvalue weighted by molar-refractivity contribution is 0.389. The van der Waals surface area contributed by atoms with Gasteiger partial charge in [0.25, 0.3) is 0 Å². The molecule has 468 valence electrons. The summed E-state index contributed by atoms with van der Waals surface area (Å²) in [6, 6.07) is 11.1. The molecule has 4 aliphatic rings. The molecule has 3 aliphatic carbocycles. The van der Waals surface area contributed by atoms with E-state index >= 15 is 0 Å². The Morgan fingerprint density at radius 2 is 0.471 bits per heavy atom. The summed E-state index contributed by atoms with van der Waals surface area (Å²) in [6.07, 6.45) is 54.9. The topological polar surface area (TPSA) is 135 Å². The van der Waals surface area contributed by atoms with E-state index in [9.17, 15) is 15.3 Å². The van der Waals surface area contributed by atoms with Gasteiger partial charge in [-0.3, -0.25) is 30.0 Å². The first-order chi connectivity index (χ1) is 42.8. The van der Waals surface area contributed by atoms with Crippen LogP contribution in [0.2, 0.25) is 0 Å². The molecule has 0 aromatic heterocycles. The maximum Gasteiger partial charge on any atom is 0.133 e. The number of aromatic hydroxyl groups is 3. The molecule has 0 saturated heterocycles. The van der Waals surface area contributed by atoms with Crippen molar-refractivity contribution >= 4 is 37.3 Å². The van der Waals surface area contributed by atoms with Crippen LogP contribution in [0.5, 0.6) is 17.2 Å². The lowest BCUT2D eigenvalue weighted by Crippen LogP contribution is -2.27. The van der Waals surface area contributed by atoms with Gasteiger partial charge in [0.2, 0.25) is 0 Å². The van der Waals surface area contributed by atoms with Crippen molar-refractivity contribution in [3.63, 3.8) is 0 Å². The van der Waals surface area contributed by atoms with Crippen molar-refractivity contribution in [2.24, 2.45) is 30.0 Å². The predicted octanol–water partition coefficient (Wildman–Crippen LogP) is 19.3. The van der Waals surface area contributed by atoms with Crippen molar-refractivity contribution in [2.75, 3.05) is 0 Å². The molecule has 1 heterocycles. The molecule has 3 N–H and O–H groups in total. The molecule has 0 amide bonds. The van der Waals surface area contributed by atoms with E-state index < -0.39 is 0 Å². The number of phenolic OH excluding ortho intramolecular Hbond substituents is 3. The standard InChI is InChI=1S/C78H108N6O3/c1-4-7-10-13-16-19-22-25-28-31-40-61-49-64-55-79-70-43-34-36-45-72(70)81-57-66-51-62(41-32-29-26-23-20-17-14-11-8-5-2)53-68(77(66)86)59-83-74-47-38-39-48-75(74)84-60-69-54-63(42-33-30-27-24-21-18-15-12-9-6-3)52-67(78(69)87)58-82-73-46-37-35-44-71(73)80-56-65(50-61)76(64)85/h49-60,70-75,85-87H,4-30,34-39,43-48H2,1-3H3/b79-55+,80-56+,81-57+,82-58+,83-59+,84-60+. The molecular formula is C78H108N6O3. The zero-order valence-electron chi connectivity index (χ0n) is 54.0. The van der Waals surface area contributed by atoms with Crippen LogP contribution in [-0.2, 0) is 0 Å². The van der Waals surface area contributed by atoms with Gasteiger partial charge in [-0.25, -0.2) is 0 Å².